The normalized spacial score (nSPS) is 11.4. The van der Waals surface area contributed by atoms with Crippen LogP contribution in [0.2, 0.25) is 0 Å². The molecule has 0 amide bonds. The smallest absolute Gasteiger partial charge is 0.127 e. The molecule has 0 saturated heterocycles. The van der Waals surface area contributed by atoms with Crippen LogP contribution in [0.5, 0.6) is 11.5 Å². The number of ether oxygens (including phenoxy) is 1. The van der Waals surface area contributed by atoms with E-state index in [1.807, 2.05) is 48.5 Å². The second-order valence-electron chi connectivity index (χ2n) is 4.12. The minimum Gasteiger partial charge on any atom is -0.457 e. The fraction of sp³-hybridized carbons (Fsp3) is 0.200. The fourth-order valence-electron chi connectivity index (χ4n) is 1.65. The molecule has 0 aliphatic heterocycles. The molecule has 2 aromatic rings. The van der Waals surface area contributed by atoms with Gasteiger partial charge in [0.1, 0.15) is 11.5 Å². The van der Waals surface area contributed by atoms with Crippen molar-refractivity contribution in [2.75, 3.05) is 6.54 Å². The average molecular weight is 264 g/mol. The molecule has 1 atom stereocenters. The molecule has 0 saturated carbocycles. The van der Waals surface area contributed by atoms with E-state index >= 15 is 0 Å². The van der Waals surface area contributed by atoms with E-state index in [0.717, 1.165) is 11.5 Å². The van der Waals surface area contributed by atoms with Crippen molar-refractivity contribution in [3.63, 3.8) is 0 Å². The van der Waals surface area contributed by atoms with Crippen LogP contribution in [0.3, 0.4) is 0 Å². The standard InChI is InChI=1S/C15H17NO.ClH/c1-12(11-16)13-6-5-9-15(10-13)17-14-7-3-2-4-8-14;/h2-10,12H,11,16H2,1H3;1H. The van der Waals surface area contributed by atoms with Crippen molar-refractivity contribution in [2.45, 2.75) is 12.8 Å². The van der Waals surface area contributed by atoms with Crippen molar-refractivity contribution < 1.29 is 4.74 Å². The van der Waals surface area contributed by atoms with E-state index in [2.05, 4.69) is 13.0 Å². The molecule has 0 heterocycles. The fourth-order valence-corrected chi connectivity index (χ4v) is 1.65. The summed E-state index contributed by atoms with van der Waals surface area (Å²) >= 11 is 0. The highest BCUT2D eigenvalue weighted by Crippen LogP contribution is 2.24. The molecule has 3 heteroatoms. The molecule has 2 rings (SSSR count). The molecule has 2 nitrogen and oxygen atoms in total. The van der Waals surface area contributed by atoms with Gasteiger partial charge in [-0.3, -0.25) is 0 Å². The summed E-state index contributed by atoms with van der Waals surface area (Å²) in [6.07, 6.45) is 0. The summed E-state index contributed by atoms with van der Waals surface area (Å²) < 4.78 is 5.77. The molecule has 0 radical (unpaired) electrons. The van der Waals surface area contributed by atoms with Crippen molar-refractivity contribution in [3.8, 4) is 11.5 Å². The molecular weight excluding hydrogens is 246 g/mol. The molecule has 0 aliphatic carbocycles. The van der Waals surface area contributed by atoms with Crippen molar-refractivity contribution in [2.24, 2.45) is 5.73 Å². The molecular formula is C15H18ClNO. The lowest BCUT2D eigenvalue weighted by Gasteiger charge is -2.11. The highest BCUT2D eigenvalue weighted by Gasteiger charge is 2.04. The summed E-state index contributed by atoms with van der Waals surface area (Å²) in [5.74, 6) is 2.06. The predicted octanol–water partition coefficient (Wildman–Crippen LogP) is 3.96. The number of hydrogen-bond acceptors (Lipinski definition) is 2. The van der Waals surface area contributed by atoms with Crippen LogP contribution in [0.1, 0.15) is 18.4 Å². The summed E-state index contributed by atoms with van der Waals surface area (Å²) in [4.78, 5) is 0. The Bertz CT molecular complexity index is 473. The summed E-state index contributed by atoms with van der Waals surface area (Å²) in [7, 11) is 0. The third-order valence-corrected chi connectivity index (χ3v) is 2.76. The van der Waals surface area contributed by atoms with Gasteiger partial charge in [0.15, 0.2) is 0 Å². The quantitative estimate of drug-likeness (QED) is 0.906. The van der Waals surface area contributed by atoms with Gasteiger partial charge in [-0.2, -0.15) is 0 Å². The van der Waals surface area contributed by atoms with Crippen LogP contribution in [-0.2, 0) is 0 Å². The maximum Gasteiger partial charge on any atom is 0.127 e. The van der Waals surface area contributed by atoms with Crippen LogP contribution >= 0.6 is 12.4 Å². The number of nitrogens with two attached hydrogens (primary N) is 1. The van der Waals surface area contributed by atoms with Gasteiger partial charge in [-0.15, -0.1) is 12.4 Å². The SMILES string of the molecule is CC(CN)c1cccc(Oc2ccccc2)c1.Cl. The van der Waals surface area contributed by atoms with E-state index in [4.69, 9.17) is 10.5 Å². The third-order valence-electron chi connectivity index (χ3n) is 2.76. The highest BCUT2D eigenvalue weighted by molar-refractivity contribution is 5.85. The first kappa shape index (κ1) is 14.6. The third kappa shape index (κ3) is 3.76. The lowest BCUT2D eigenvalue weighted by molar-refractivity contribution is 0.481. The highest BCUT2D eigenvalue weighted by atomic mass is 35.5. The van der Waals surface area contributed by atoms with Crippen molar-refractivity contribution in [1.82, 2.24) is 0 Å². The lowest BCUT2D eigenvalue weighted by Crippen LogP contribution is -2.08. The summed E-state index contributed by atoms with van der Waals surface area (Å²) in [5.41, 5.74) is 6.88. The first-order valence-corrected chi connectivity index (χ1v) is 5.82. The second kappa shape index (κ2) is 7.04. The Balaban J connectivity index is 0.00000162. The van der Waals surface area contributed by atoms with Gasteiger partial charge in [0.25, 0.3) is 0 Å². The molecule has 0 aliphatic rings. The van der Waals surface area contributed by atoms with E-state index in [9.17, 15) is 0 Å². The Morgan fingerprint density at radius 3 is 2.33 bits per heavy atom. The van der Waals surface area contributed by atoms with Gasteiger partial charge in [-0.1, -0.05) is 37.3 Å². The Morgan fingerprint density at radius 2 is 1.67 bits per heavy atom. The van der Waals surface area contributed by atoms with Gasteiger partial charge in [0.05, 0.1) is 0 Å². The van der Waals surface area contributed by atoms with Gasteiger partial charge in [0, 0.05) is 0 Å². The maximum atomic E-state index is 5.77. The van der Waals surface area contributed by atoms with E-state index in [0.29, 0.717) is 12.5 Å². The van der Waals surface area contributed by atoms with Gasteiger partial charge in [0.2, 0.25) is 0 Å². The molecule has 2 aromatic carbocycles. The molecule has 2 N–H and O–H groups in total. The molecule has 96 valence electrons. The summed E-state index contributed by atoms with van der Waals surface area (Å²) in [5, 5.41) is 0. The van der Waals surface area contributed by atoms with Crippen LogP contribution in [0.25, 0.3) is 0 Å². The van der Waals surface area contributed by atoms with Gasteiger partial charge >= 0.3 is 0 Å². The molecule has 1 unspecified atom stereocenters. The maximum absolute atomic E-state index is 5.77. The first-order valence-electron chi connectivity index (χ1n) is 5.82. The minimum absolute atomic E-state index is 0. The average Bonchev–Trinajstić information content (AvgIpc) is 2.39. The zero-order valence-electron chi connectivity index (χ0n) is 10.4. The van der Waals surface area contributed by atoms with E-state index < -0.39 is 0 Å². The molecule has 0 bridgehead atoms. The Labute approximate surface area is 114 Å². The Morgan fingerprint density at radius 1 is 1.00 bits per heavy atom. The molecule has 0 aromatic heterocycles. The van der Waals surface area contributed by atoms with Gasteiger partial charge in [-0.25, -0.2) is 0 Å². The largest absolute Gasteiger partial charge is 0.457 e. The summed E-state index contributed by atoms with van der Waals surface area (Å²) in [6.45, 7) is 2.76. The van der Waals surface area contributed by atoms with Crippen LogP contribution in [0.4, 0.5) is 0 Å². The monoisotopic (exact) mass is 263 g/mol. The van der Waals surface area contributed by atoms with Crippen molar-refractivity contribution in [1.29, 1.82) is 0 Å². The second-order valence-corrected chi connectivity index (χ2v) is 4.12. The first-order chi connectivity index (χ1) is 8.29. The predicted molar refractivity (Wildman–Crippen MR) is 77.7 cm³/mol. The van der Waals surface area contributed by atoms with Gasteiger partial charge < -0.3 is 10.5 Å². The van der Waals surface area contributed by atoms with Crippen LogP contribution < -0.4 is 10.5 Å². The number of para-hydroxylation sites is 1. The van der Waals surface area contributed by atoms with E-state index in [1.165, 1.54) is 5.56 Å². The zero-order valence-corrected chi connectivity index (χ0v) is 11.2. The number of benzene rings is 2. The molecule has 18 heavy (non-hydrogen) atoms. The Hall–Kier alpha value is -1.51. The van der Waals surface area contributed by atoms with Crippen LogP contribution in [0.15, 0.2) is 54.6 Å². The van der Waals surface area contributed by atoms with E-state index in [-0.39, 0.29) is 12.4 Å². The number of rotatable bonds is 4. The van der Waals surface area contributed by atoms with E-state index in [1.54, 1.807) is 0 Å². The summed E-state index contributed by atoms with van der Waals surface area (Å²) in [6, 6.07) is 17.9. The van der Waals surface area contributed by atoms with Crippen molar-refractivity contribution >= 4 is 12.4 Å². The number of halogens is 1. The molecule has 0 fully saturated rings. The minimum atomic E-state index is 0. The molecule has 0 spiro atoms. The Kier molecular flexibility index (Phi) is 5.69. The van der Waals surface area contributed by atoms with Crippen LogP contribution in [-0.4, -0.2) is 6.54 Å². The topological polar surface area (TPSA) is 35.2 Å². The van der Waals surface area contributed by atoms with Crippen molar-refractivity contribution in [3.05, 3.63) is 60.2 Å². The van der Waals surface area contributed by atoms with Gasteiger partial charge in [-0.05, 0) is 42.3 Å². The lowest BCUT2D eigenvalue weighted by atomic mass is 10.0. The van der Waals surface area contributed by atoms with Crippen LogP contribution in [0, 0.1) is 0 Å². The zero-order chi connectivity index (χ0) is 12.1. The number of hydrogen-bond donors (Lipinski definition) is 1.